The summed E-state index contributed by atoms with van der Waals surface area (Å²) >= 11 is 13.5. The van der Waals surface area contributed by atoms with Gasteiger partial charge in [0.15, 0.2) is 5.60 Å². The number of carbonyl (C=O) groups excluding carboxylic acids is 1. The lowest BCUT2D eigenvalue weighted by molar-refractivity contribution is -0.152. The van der Waals surface area contributed by atoms with Gasteiger partial charge in [-0.1, -0.05) is 29.3 Å². The first-order valence-electron chi connectivity index (χ1n) is 10.8. The number of amides is 1. The van der Waals surface area contributed by atoms with Crippen molar-refractivity contribution in [1.82, 2.24) is 10.2 Å². The molecule has 1 aliphatic heterocycles. The van der Waals surface area contributed by atoms with Gasteiger partial charge in [-0.25, -0.2) is 4.79 Å². The third-order valence-electron chi connectivity index (χ3n) is 5.22. The summed E-state index contributed by atoms with van der Waals surface area (Å²) in [6, 6.07) is 12.6. The Morgan fingerprint density at radius 2 is 1.94 bits per heavy atom. The van der Waals surface area contributed by atoms with Crippen molar-refractivity contribution < 1.29 is 24.2 Å². The largest absolute Gasteiger partial charge is 0.478 e. The summed E-state index contributed by atoms with van der Waals surface area (Å²) in [6.07, 6.45) is -0.0838. The molecule has 0 aliphatic carbocycles. The van der Waals surface area contributed by atoms with Gasteiger partial charge >= 0.3 is 5.97 Å². The van der Waals surface area contributed by atoms with Crippen LogP contribution in [0.2, 0.25) is 10.0 Å². The van der Waals surface area contributed by atoms with Gasteiger partial charge in [0.2, 0.25) is 5.91 Å². The first-order valence-corrected chi connectivity index (χ1v) is 12.6. The number of benzene rings is 2. The van der Waals surface area contributed by atoms with Crippen LogP contribution < -0.4 is 10.1 Å². The van der Waals surface area contributed by atoms with Crippen LogP contribution in [0.5, 0.6) is 5.75 Å². The predicted octanol–water partition coefficient (Wildman–Crippen LogP) is 4.34. The molecule has 1 unspecified atom stereocenters. The fraction of sp³-hybridized carbons (Fsp3) is 0.417. The van der Waals surface area contributed by atoms with E-state index in [2.05, 4.69) is 10.2 Å². The topological polar surface area (TPSA) is 88.1 Å². The van der Waals surface area contributed by atoms with Gasteiger partial charge in [0.25, 0.3) is 0 Å². The molecular formula is C24H28Cl2N2O5S. The zero-order chi connectivity index (χ0) is 24.7. The lowest BCUT2D eigenvalue weighted by atomic mass is 10.1. The average Bonchev–Trinajstić information content (AvgIpc) is 2.79. The van der Waals surface area contributed by atoms with Gasteiger partial charge in [-0.15, -0.1) is 11.8 Å². The summed E-state index contributed by atoms with van der Waals surface area (Å²) in [5.74, 6) is -0.397. The number of carbonyl (C=O) groups is 2. The summed E-state index contributed by atoms with van der Waals surface area (Å²) in [6.45, 7) is 6.28. The molecule has 1 aliphatic rings. The van der Waals surface area contributed by atoms with E-state index in [9.17, 15) is 9.59 Å². The molecule has 1 atom stereocenters. The van der Waals surface area contributed by atoms with Crippen molar-refractivity contribution in [2.24, 2.45) is 0 Å². The van der Waals surface area contributed by atoms with Crippen molar-refractivity contribution >= 4 is 46.8 Å². The molecule has 3 rings (SSSR count). The van der Waals surface area contributed by atoms with Crippen LogP contribution in [0.1, 0.15) is 19.4 Å². The molecule has 1 amide bonds. The summed E-state index contributed by atoms with van der Waals surface area (Å²) in [7, 11) is 0. The molecule has 1 heterocycles. The minimum Gasteiger partial charge on any atom is -0.478 e. The van der Waals surface area contributed by atoms with E-state index in [0.717, 1.165) is 23.5 Å². The number of hydrogen-bond acceptors (Lipinski definition) is 6. The Balaban J connectivity index is 1.39. The SMILES string of the molecule is CC(C)(Oc1ccc(SCC(=O)NCC2CN(Cc3ccc(Cl)c(Cl)c3)CCO2)cc1)C(=O)O. The Bertz CT molecular complexity index is 1000. The van der Waals surface area contributed by atoms with Crippen molar-refractivity contribution in [3.8, 4) is 5.75 Å². The molecule has 10 heteroatoms. The van der Waals surface area contributed by atoms with E-state index in [0.29, 0.717) is 35.5 Å². The van der Waals surface area contributed by atoms with Crippen LogP contribution >= 0.6 is 35.0 Å². The standard InChI is InChI=1S/C24H28Cl2N2O5S/c1-24(2,23(30)31)33-17-4-6-19(7-5-17)34-15-22(29)27-12-18-14-28(9-10-32-18)13-16-3-8-20(25)21(26)11-16/h3-8,11,18H,9-10,12-15H2,1-2H3,(H,27,29)(H,30,31). The van der Waals surface area contributed by atoms with Gasteiger partial charge in [-0.05, 0) is 55.8 Å². The first-order chi connectivity index (χ1) is 16.1. The molecule has 2 aromatic rings. The molecule has 34 heavy (non-hydrogen) atoms. The Morgan fingerprint density at radius 1 is 1.21 bits per heavy atom. The fourth-order valence-electron chi connectivity index (χ4n) is 3.31. The highest BCUT2D eigenvalue weighted by Crippen LogP contribution is 2.25. The van der Waals surface area contributed by atoms with Crippen LogP contribution in [0.25, 0.3) is 0 Å². The molecule has 2 N–H and O–H groups in total. The third kappa shape index (κ3) is 8.06. The number of carboxylic acids is 1. The van der Waals surface area contributed by atoms with E-state index in [-0.39, 0.29) is 17.8 Å². The van der Waals surface area contributed by atoms with E-state index >= 15 is 0 Å². The van der Waals surface area contributed by atoms with E-state index in [1.54, 1.807) is 30.3 Å². The number of morpholine rings is 1. The van der Waals surface area contributed by atoms with Crippen molar-refractivity contribution in [3.63, 3.8) is 0 Å². The molecule has 0 spiro atoms. The lowest BCUT2D eigenvalue weighted by Crippen LogP contribution is -2.47. The maximum absolute atomic E-state index is 12.3. The lowest BCUT2D eigenvalue weighted by Gasteiger charge is -2.33. The zero-order valence-corrected chi connectivity index (χ0v) is 21.4. The number of carboxylic acid groups (broad SMARTS) is 1. The predicted molar refractivity (Wildman–Crippen MR) is 134 cm³/mol. The van der Waals surface area contributed by atoms with Gasteiger partial charge in [-0.2, -0.15) is 0 Å². The Kier molecular flexibility index (Phi) is 9.50. The fourth-order valence-corrected chi connectivity index (χ4v) is 4.36. The molecule has 184 valence electrons. The van der Waals surface area contributed by atoms with E-state index in [1.165, 1.54) is 25.6 Å². The van der Waals surface area contributed by atoms with Gasteiger partial charge in [0.05, 0.1) is 28.5 Å². The van der Waals surface area contributed by atoms with Crippen molar-refractivity contribution in [3.05, 3.63) is 58.1 Å². The minimum atomic E-state index is -1.31. The van der Waals surface area contributed by atoms with Crippen LogP contribution in [0.15, 0.2) is 47.4 Å². The Hall–Kier alpha value is -1.97. The Labute approximate surface area is 213 Å². The second-order valence-corrected chi connectivity index (χ2v) is 10.3. The van der Waals surface area contributed by atoms with Crippen LogP contribution in [-0.2, 0) is 20.9 Å². The molecular weight excluding hydrogens is 499 g/mol. The maximum atomic E-state index is 12.3. The summed E-state index contributed by atoms with van der Waals surface area (Å²) in [4.78, 5) is 26.6. The highest BCUT2D eigenvalue weighted by atomic mass is 35.5. The molecule has 1 saturated heterocycles. The smallest absolute Gasteiger partial charge is 0.347 e. The second kappa shape index (κ2) is 12.1. The van der Waals surface area contributed by atoms with Gasteiger partial charge in [0, 0.05) is 31.1 Å². The summed E-state index contributed by atoms with van der Waals surface area (Å²) in [5, 5.41) is 13.2. The molecule has 0 aromatic heterocycles. The number of rotatable bonds is 10. The van der Waals surface area contributed by atoms with E-state index in [1.807, 2.05) is 12.1 Å². The summed E-state index contributed by atoms with van der Waals surface area (Å²) < 4.78 is 11.3. The highest BCUT2D eigenvalue weighted by molar-refractivity contribution is 8.00. The van der Waals surface area contributed by atoms with Crippen LogP contribution in [-0.4, -0.2) is 65.6 Å². The van der Waals surface area contributed by atoms with E-state index < -0.39 is 11.6 Å². The number of halogens is 2. The molecule has 7 nitrogen and oxygen atoms in total. The average molecular weight is 527 g/mol. The maximum Gasteiger partial charge on any atom is 0.347 e. The molecule has 2 aromatic carbocycles. The first kappa shape index (κ1) is 26.6. The van der Waals surface area contributed by atoms with Crippen LogP contribution in [0.4, 0.5) is 0 Å². The molecule has 0 saturated carbocycles. The van der Waals surface area contributed by atoms with Gasteiger partial charge in [0.1, 0.15) is 5.75 Å². The molecule has 0 bridgehead atoms. The molecule has 0 radical (unpaired) electrons. The number of ether oxygens (including phenoxy) is 2. The highest BCUT2D eigenvalue weighted by Gasteiger charge is 2.29. The van der Waals surface area contributed by atoms with Crippen LogP contribution in [0, 0.1) is 0 Å². The van der Waals surface area contributed by atoms with Gasteiger partial charge < -0.3 is 19.9 Å². The number of thioether (sulfide) groups is 1. The summed E-state index contributed by atoms with van der Waals surface area (Å²) in [5.41, 5.74) is -0.230. The monoisotopic (exact) mass is 526 g/mol. The second-order valence-electron chi connectivity index (χ2n) is 8.46. The third-order valence-corrected chi connectivity index (χ3v) is 6.97. The quantitative estimate of drug-likeness (QED) is 0.445. The number of nitrogens with zero attached hydrogens (tertiary/aromatic N) is 1. The minimum absolute atomic E-state index is 0.0810. The Morgan fingerprint density at radius 3 is 2.62 bits per heavy atom. The van der Waals surface area contributed by atoms with Crippen molar-refractivity contribution in [2.75, 3.05) is 32.0 Å². The van der Waals surface area contributed by atoms with Gasteiger partial charge in [-0.3, -0.25) is 9.69 Å². The van der Waals surface area contributed by atoms with Crippen LogP contribution in [0.3, 0.4) is 0 Å². The number of nitrogens with one attached hydrogen (secondary N) is 1. The van der Waals surface area contributed by atoms with Crippen molar-refractivity contribution in [1.29, 1.82) is 0 Å². The number of hydrogen-bond donors (Lipinski definition) is 2. The number of aliphatic carboxylic acids is 1. The normalized spacial score (nSPS) is 16.8. The molecule has 1 fully saturated rings. The van der Waals surface area contributed by atoms with Crippen molar-refractivity contribution in [2.45, 2.75) is 37.0 Å². The zero-order valence-electron chi connectivity index (χ0n) is 19.1. The van der Waals surface area contributed by atoms with E-state index in [4.69, 9.17) is 37.8 Å².